The summed E-state index contributed by atoms with van der Waals surface area (Å²) in [5.74, 6) is 0. The summed E-state index contributed by atoms with van der Waals surface area (Å²) in [7, 11) is 0. The molecule has 0 aliphatic rings. The van der Waals surface area contributed by atoms with Crippen LogP contribution in [-0.2, 0) is 6.42 Å². The lowest BCUT2D eigenvalue weighted by Gasteiger charge is -2.22. The minimum atomic E-state index is 0.132. The third-order valence-corrected chi connectivity index (χ3v) is 4.33. The van der Waals surface area contributed by atoms with Crippen molar-refractivity contribution in [2.45, 2.75) is 32.7 Å². The van der Waals surface area contributed by atoms with Crippen molar-refractivity contribution in [2.75, 3.05) is 6.54 Å². The predicted octanol–water partition coefficient (Wildman–Crippen LogP) is 5.59. The normalized spacial score (nSPS) is 12.4. The summed E-state index contributed by atoms with van der Waals surface area (Å²) in [5.41, 5.74) is 3.61. The average molecular weight is 322 g/mol. The second-order valence-electron chi connectivity index (χ2n) is 5.27. The van der Waals surface area contributed by atoms with E-state index in [4.69, 9.17) is 23.2 Å². The summed E-state index contributed by atoms with van der Waals surface area (Å²) in [6.07, 6.45) is 1.96. The van der Waals surface area contributed by atoms with E-state index in [1.807, 2.05) is 18.2 Å². The van der Waals surface area contributed by atoms with E-state index < -0.39 is 0 Å². The highest BCUT2D eigenvalue weighted by molar-refractivity contribution is 6.36. The van der Waals surface area contributed by atoms with Gasteiger partial charge in [-0.3, -0.25) is 0 Å². The first-order chi connectivity index (χ1) is 10.1. The molecule has 0 saturated heterocycles. The van der Waals surface area contributed by atoms with Crippen LogP contribution in [0.4, 0.5) is 0 Å². The number of benzene rings is 2. The molecule has 112 valence electrons. The topological polar surface area (TPSA) is 12.0 Å². The van der Waals surface area contributed by atoms with E-state index in [0.717, 1.165) is 35.0 Å². The Morgan fingerprint density at radius 2 is 1.67 bits per heavy atom. The molecule has 0 spiro atoms. The molecule has 0 fully saturated rings. The van der Waals surface area contributed by atoms with Crippen LogP contribution in [0.5, 0.6) is 0 Å². The first-order valence-electron chi connectivity index (χ1n) is 7.35. The van der Waals surface area contributed by atoms with Gasteiger partial charge in [-0.2, -0.15) is 0 Å². The van der Waals surface area contributed by atoms with Gasteiger partial charge in [-0.25, -0.2) is 0 Å². The molecule has 0 aliphatic heterocycles. The van der Waals surface area contributed by atoms with Crippen LogP contribution in [0.2, 0.25) is 10.0 Å². The average Bonchev–Trinajstić information content (AvgIpc) is 2.46. The summed E-state index contributed by atoms with van der Waals surface area (Å²) in [5, 5.41) is 5.03. The fraction of sp³-hybridized carbons (Fsp3) is 0.333. The molecule has 1 N–H and O–H groups in total. The van der Waals surface area contributed by atoms with Crippen LogP contribution < -0.4 is 5.32 Å². The third kappa shape index (κ3) is 4.23. The van der Waals surface area contributed by atoms with E-state index in [0.29, 0.717) is 0 Å². The summed E-state index contributed by atoms with van der Waals surface area (Å²) >= 11 is 12.8. The number of aryl methyl sites for hydroxylation is 1. The van der Waals surface area contributed by atoms with Gasteiger partial charge < -0.3 is 5.32 Å². The maximum absolute atomic E-state index is 6.38. The lowest BCUT2D eigenvalue weighted by Crippen LogP contribution is -2.25. The first kappa shape index (κ1) is 16.4. The van der Waals surface area contributed by atoms with Crippen molar-refractivity contribution in [2.24, 2.45) is 0 Å². The Labute approximate surface area is 137 Å². The van der Waals surface area contributed by atoms with Gasteiger partial charge in [0.2, 0.25) is 0 Å². The maximum atomic E-state index is 6.38. The number of hydrogen-bond acceptors (Lipinski definition) is 1. The van der Waals surface area contributed by atoms with Crippen molar-refractivity contribution < 1.29 is 0 Å². The second-order valence-corrected chi connectivity index (χ2v) is 6.09. The number of hydrogen-bond donors (Lipinski definition) is 1. The molecule has 0 radical (unpaired) electrons. The van der Waals surface area contributed by atoms with E-state index in [1.165, 1.54) is 11.1 Å². The highest BCUT2D eigenvalue weighted by atomic mass is 35.5. The summed E-state index contributed by atoms with van der Waals surface area (Å²) in [4.78, 5) is 0. The monoisotopic (exact) mass is 321 g/mol. The first-order valence-corrected chi connectivity index (χ1v) is 8.11. The third-order valence-electron chi connectivity index (χ3n) is 3.67. The Morgan fingerprint density at radius 1 is 1.00 bits per heavy atom. The smallest absolute Gasteiger partial charge is 0.0468 e. The molecule has 2 rings (SSSR count). The lowest BCUT2D eigenvalue weighted by molar-refractivity contribution is 0.528. The van der Waals surface area contributed by atoms with Gasteiger partial charge in [-0.1, -0.05) is 60.5 Å². The Bertz CT molecular complexity index is 575. The molecule has 3 heteroatoms. The van der Waals surface area contributed by atoms with E-state index in [1.54, 1.807) is 0 Å². The Hall–Kier alpha value is -1.02. The maximum Gasteiger partial charge on any atom is 0.0468 e. The van der Waals surface area contributed by atoms with Gasteiger partial charge in [-0.05, 0) is 49.6 Å². The summed E-state index contributed by atoms with van der Waals surface area (Å²) < 4.78 is 0. The minimum Gasteiger partial charge on any atom is -0.310 e. The van der Waals surface area contributed by atoms with Crippen molar-refractivity contribution in [1.82, 2.24) is 5.32 Å². The van der Waals surface area contributed by atoms with Crippen LogP contribution in [0.1, 0.15) is 36.1 Å². The Morgan fingerprint density at radius 3 is 2.29 bits per heavy atom. The molecule has 0 aromatic heterocycles. The van der Waals surface area contributed by atoms with Crippen molar-refractivity contribution >= 4 is 23.2 Å². The van der Waals surface area contributed by atoms with Crippen LogP contribution in [0.15, 0.2) is 42.5 Å². The minimum absolute atomic E-state index is 0.132. The molecule has 2 aromatic carbocycles. The van der Waals surface area contributed by atoms with E-state index in [9.17, 15) is 0 Å². The largest absolute Gasteiger partial charge is 0.310 e. The molecule has 0 aliphatic carbocycles. The van der Waals surface area contributed by atoms with Gasteiger partial charge in [0.05, 0.1) is 0 Å². The zero-order chi connectivity index (χ0) is 15.2. The van der Waals surface area contributed by atoms with Gasteiger partial charge in [0.25, 0.3) is 0 Å². The van der Waals surface area contributed by atoms with Crippen LogP contribution in [0, 0.1) is 6.92 Å². The standard InChI is InChI=1S/C18H21Cl2N/c1-3-11-21-17(12-14-8-5-4-7-13(14)2)18-15(19)9-6-10-16(18)20/h4-10,17,21H,3,11-12H2,1-2H3. The highest BCUT2D eigenvalue weighted by Gasteiger charge is 2.18. The van der Waals surface area contributed by atoms with E-state index in [2.05, 4.69) is 43.4 Å². The zero-order valence-corrected chi connectivity index (χ0v) is 14.0. The SMILES string of the molecule is CCCNC(Cc1ccccc1C)c1c(Cl)cccc1Cl. The van der Waals surface area contributed by atoms with E-state index >= 15 is 0 Å². The van der Waals surface area contributed by atoms with Crippen LogP contribution in [-0.4, -0.2) is 6.54 Å². The fourth-order valence-corrected chi connectivity index (χ4v) is 3.16. The Kier molecular flexibility index (Phi) is 6.10. The molecular formula is C18H21Cl2N. The van der Waals surface area contributed by atoms with Gasteiger partial charge in [-0.15, -0.1) is 0 Å². The van der Waals surface area contributed by atoms with Gasteiger partial charge >= 0.3 is 0 Å². The molecule has 1 unspecified atom stereocenters. The molecule has 21 heavy (non-hydrogen) atoms. The molecule has 0 heterocycles. The number of rotatable bonds is 6. The van der Waals surface area contributed by atoms with Crippen LogP contribution in [0.3, 0.4) is 0 Å². The molecule has 1 nitrogen and oxygen atoms in total. The van der Waals surface area contributed by atoms with Crippen molar-refractivity contribution in [1.29, 1.82) is 0 Å². The van der Waals surface area contributed by atoms with Crippen molar-refractivity contribution in [3.8, 4) is 0 Å². The predicted molar refractivity (Wildman–Crippen MR) is 92.4 cm³/mol. The fourth-order valence-electron chi connectivity index (χ4n) is 2.50. The zero-order valence-electron chi connectivity index (χ0n) is 12.5. The highest BCUT2D eigenvalue weighted by Crippen LogP contribution is 2.32. The summed E-state index contributed by atoms with van der Waals surface area (Å²) in [6, 6.07) is 14.3. The van der Waals surface area contributed by atoms with Gasteiger partial charge in [0.1, 0.15) is 0 Å². The van der Waals surface area contributed by atoms with Crippen LogP contribution in [0.25, 0.3) is 0 Å². The second kappa shape index (κ2) is 7.84. The summed E-state index contributed by atoms with van der Waals surface area (Å²) in [6.45, 7) is 5.24. The van der Waals surface area contributed by atoms with Gasteiger partial charge in [0.15, 0.2) is 0 Å². The molecule has 0 saturated carbocycles. The molecule has 1 atom stereocenters. The molecule has 2 aromatic rings. The van der Waals surface area contributed by atoms with E-state index in [-0.39, 0.29) is 6.04 Å². The van der Waals surface area contributed by atoms with Gasteiger partial charge in [0, 0.05) is 21.7 Å². The number of nitrogens with one attached hydrogen (secondary N) is 1. The number of halogens is 2. The Balaban J connectivity index is 2.32. The molecule has 0 amide bonds. The molecular weight excluding hydrogens is 301 g/mol. The van der Waals surface area contributed by atoms with Crippen molar-refractivity contribution in [3.63, 3.8) is 0 Å². The van der Waals surface area contributed by atoms with Crippen LogP contribution >= 0.6 is 23.2 Å². The quantitative estimate of drug-likeness (QED) is 0.731. The molecule has 0 bridgehead atoms. The van der Waals surface area contributed by atoms with Crippen molar-refractivity contribution in [3.05, 3.63) is 69.2 Å². The lowest BCUT2D eigenvalue weighted by atomic mass is 9.96.